The van der Waals surface area contributed by atoms with Gasteiger partial charge in [0.25, 0.3) is 17.7 Å². The summed E-state index contributed by atoms with van der Waals surface area (Å²) in [7, 11) is 3.54. The van der Waals surface area contributed by atoms with Gasteiger partial charge in [-0.2, -0.15) is 0 Å². The molecule has 0 aliphatic carbocycles. The van der Waals surface area contributed by atoms with Crippen LogP contribution in [0.1, 0.15) is 53.0 Å². The average Bonchev–Trinajstić information content (AvgIpc) is 2.96. The van der Waals surface area contributed by atoms with Gasteiger partial charge in [0.15, 0.2) is 6.61 Å². The van der Waals surface area contributed by atoms with Gasteiger partial charge in [-0.15, -0.1) is 0 Å². The van der Waals surface area contributed by atoms with E-state index in [1.807, 2.05) is 0 Å². The molecule has 0 saturated carbocycles. The van der Waals surface area contributed by atoms with E-state index in [2.05, 4.69) is 20.9 Å². The van der Waals surface area contributed by atoms with E-state index in [9.17, 15) is 14.4 Å². The number of hydrogen-bond donors (Lipinski definition) is 5. The van der Waals surface area contributed by atoms with Crippen molar-refractivity contribution in [1.29, 1.82) is 5.41 Å². The number of carbonyl (C=O) groups is 3. The van der Waals surface area contributed by atoms with Gasteiger partial charge in [0.2, 0.25) is 0 Å². The number of unbranched alkanes of at least 4 members (excludes halogenated alkanes) is 2. The van der Waals surface area contributed by atoms with Gasteiger partial charge in [0.05, 0.1) is 11.3 Å². The summed E-state index contributed by atoms with van der Waals surface area (Å²) < 4.78 is 5.62. The highest BCUT2D eigenvalue weighted by molar-refractivity contribution is 6.12. The molecule has 0 aliphatic rings. The number of anilines is 2. The van der Waals surface area contributed by atoms with Crippen LogP contribution in [0.2, 0.25) is 0 Å². The predicted octanol–water partition coefficient (Wildman–Crippen LogP) is 3.73. The molecule has 0 saturated heterocycles. The number of rotatable bonds is 13. The molecule has 0 radical (unpaired) electrons. The number of nitrogens with two attached hydrogens (primary N) is 1. The summed E-state index contributed by atoms with van der Waals surface area (Å²) in [5.41, 5.74) is 6.88. The zero-order valence-corrected chi connectivity index (χ0v) is 22.7. The Hall–Kier alpha value is -4.77. The van der Waals surface area contributed by atoms with E-state index in [0.717, 1.165) is 19.3 Å². The van der Waals surface area contributed by atoms with Crippen LogP contribution in [0, 0.1) is 5.41 Å². The zero-order chi connectivity index (χ0) is 28.9. The topological polar surface area (TPSA) is 163 Å². The number of amidine groups is 1. The van der Waals surface area contributed by atoms with Crippen molar-refractivity contribution < 1.29 is 19.1 Å². The summed E-state index contributed by atoms with van der Waals surface area (Å²) in [6, 6.07) is 16.3. The fourth-order valence-corrected chi connectivity index (χ4v) is 3.64. The van der Waals surface area contributed by atoms with Crippen molar-refractivity contribution in [3.8, 4) is 5.75 Å². The molecule has 3 aromatic rings. The smallest absolute Gasteiger partial charge is 0.259 e. The van der Waals surface area contributed by atoms with Crippen LogP contribution in [0.25, 0.3) is 0 Å². The number of benzene rings is 2. The van der Waals surface area contributed by atoms with Crippen LogP contribution in [-0.4, -0.2) is 67.2 Å². The Bertz CT molecular complexity index is 1310. The van der Waals surface area contributed by atoms with Gasteiger partial charge in [-0.3, -0.25) is 19.8 Å². The quantitative estimate of drug-likeness (QED) is 0.121. The maximum Gasteiger partial charge on any atom is 0.259 e. The van der Waals surface area contributed by atoms with Crippen molar-refractivity contribution in [3.05, 3.63) is 83.6 Å². The number of pyridine rings is 1. The standard InChI is InChI=1S/C29H35N7O4.CH4/c1-36(2)27(31)20-9-11-21(12-10-20)28(38)34-24-14-13-22(40-19-26(37)33-17-6-3-5-15-30)18-23(24)29(39)35-25-8-4-7-16-32-25;/h4,7-14,16,18,31H,3,5-6,15,17,19,30H2,1-2H3,(H,33,37)(H,34,38)(H,32,35,39);1H4. The lowest BCUT2D eigenvalue weighted by molar-refractivity contribution is -0.123. The van der Waals surface area contributed by atoms with Crippen molar-refractivity contribution >= 4 is 35.1 Å². The third-order valence-electron chi connectivity index (χ3n) is 5.83. The second-order valence-corrected chi connectivity index (χ2v) is 9.14. The maximum absolute atomic E-state index is 13.2. The molecule has 0 bridgehead atoms. The lowest BCUT2D eigenvalue weighted by Gasteiger charge is -2.15. The Morgan fingerprint density at radius 1 is 0.927 bits per heavy atom. The van der Waals surface area contributed by atoms with E-state index in [1.165, 1.54) is 6.07 Å². The number of carbonyl (C=O) groups excluding carboxylic acids is 3. The average molecular weight is 562 g/mol. The second kappa shape index (κ2) is 16.4. The van der Waals surface area contributed by atoms with Crippen LogP contribution in [0.5, 0.6) is 5.75 Å². The van der Waals surface area contributed by atoms with Gasteiger partial charge in [-0.05, 0) is 61.9 Å². The SMILES string of the molecule is C.CN(C)C(=N)c1ccc(C(=O)Nc2ccc(OCC(=O)NCCCCCN)cc2C(=O)Nc2ccccn2)cc1. The summed E-state index contributed by atoms with van der Waals surface area (Å²) in [5, 5.41) is 16.4. The van der Waals surface area contributed by atoms with Crippen LogP contribution in [0.3, 0.4) is 0 Å². The van der Waals surface area contributed by atoms with Gasteiger partial charge in [-0.1, -0.05) is 32.0 Å². The fourth-order valence-electron chi connectivity index (χ4n) is 3.64. The Morgan fingerprint density at radius 3 is 2.32 bits per heavy atom. The van der Waals surface area contributed by atoms with E-state index in [4.69, 9.17) is 15.9 Å². The zero-order valence-electron chi connectivity index (χ0n) is 22.7. The van der Waals surface area contributed by atoms with E-state index in [0.29, 0.717) is 35.9 Å². The van der Waals surface area contributed by atoms with Crippen LogP contribution >= 0.6 is 0 Å². The molecular weight excluding hydrogens is 522 g/mol. The molecule has 2 aromatic carbocycles. The van der Waals surface area contributed by atoms with E-state index < -0.39 is 11.8 Å². The molecule has 0 atom stereocenters. The van der Waals surface area contributed by atoms with Crippen molar-refractivity contribution in [2.75, 3.05) is 44.4 Å². The van der Waals surface area contributed by atoms with E-state index >= 15 is 0 Å². The molecule has 0 aliphatic heterocycles. The summed E-state index contributed by atoms with van der Waals surface area (Å²) in [6.45, 7) is 0.929. The lowest BCUT2D eigenvalue weighted by atomic mass is 10.1. The first-order valence-electron chi connectivity index (χ1n) is 12.9. The van der Waals surface area contributed by atoms with Crippen LogP contribution in [0.15, 0.2) is 66.9 Å². The highest BCUT2D eigenvalue weighted by Crippen LogP contribution is 2.24. The summed E-state index contributed by atoms with van der Waals surface area (Å²) >= 11 is 0. The summed E-state index contributed by atoms with van der Waals surface area (Å²) in [6.07, 6.45) is 4.22. The van der Waals surface area contributed by atoms with Crippen molar-refractivity contribution in [3.63, 3.8) is 0 Å². The number of ether oxygens (including phenoxy) is 1. The summed E-state index contributed by atoms with van der Waals surface area (Å²) in [5.74, 6) is -0.291. The highest BCUT2D eigenvalue weighted by Gasteiger charge is 2.17. The predicted molar refractivity (Wildman–Crippen MR) is 162 cm³/mol. The molecular formula is C30H39N7O4. The Morgan fingerprint density at radius 2 is 1.66 bits per heavy atom. The molecule has 1 aromatic heterocycles. The Balaban J connectivity index is 0.00000588. The van der Waals surface area contributed by atoms with E-state index in [1.54, 1.807) is 79.8 Å². The first-order valence-corrected chi connectivity index (χ1v) is 12.9. The molecule has 6 N–H and O–H groups in total. The maximum atomic E-state index is 13.2. The molecule has 0 unspecified atom stereocenters. The van der Waals surface area contributed by atoms with Crippen molar-refractivity contribution in [1.82, 2.24) is 15.2 Å². The minimum absolute atomic E-state index is 0. The number of aromatic nitrogens is 1. The molecule has 0 fully saturated rings. The van der Waals surface area contributed by atoms with Gasteiger partial charge in [-0.25, -0.2) is 4.98 Å². The second-order valence-electron chi connectivity index (χ2n) is 9.14. The monoisotopic (exact) mass is 561 g/mol. The summed E-state index contributed by atoms with van der Waals surface area (Å²) in [4.78, 5) is 44.1. The minimum Gasteiger partial charge on any atom is -0.484 e. The molecule has 11 heteroatoms. The Kier molecular flexibility index (Phi) is 12.9. The Labute approximate surface area is 241 Å². The van der Waals surface area contributed by atoms with Crippen LogP contribution in [0.4, 0.5) is 11.5 Å². The molecule has 0 spiro atoms. The number of nitrogens with one attached hydrogen (secondary N) is 4. The minimum atomic E-state index is -0.515. The number of amides is 3. The van der Waals surface area contributed by atoms with Crippen molar-refractivity contribution in [2.24, 2.45) is 5.73 Å². The fraction of sp³-hybridized carbons (Fsp3) is 0.300. The third kappa shape index (κ3) is 10.0. The first kappa shape index (κ1) is 32.4. The van der Waals surface area contributed by atoms with E-state index in [-0.39, 0.29) is 36.9 Å². The number of hydrogen-bond acceptors (Lipinski definition) is 7. The van der Waals surface area contributed by atoms with Crippen molar-refractivity contribution in [2.45, 2.75) is 26.7 Å². The molecule has 3 amide bonds. The lowest BCUT2D eigenvalue weighted by Crippen LogP contribution is -2.29. The van der Waals surface area contributed by atoms with Gasteiger partial charge in [0, 0.05) is 38.0 Å². The third-order valence-corrected chi connectivity index (χ3v) is 5.83. The number of nitrogens with zero attached hydrogens (tertiary/aromatic N) is 2. The van der Waals surface area contributed by atoms with Gasteiger partial charge < -0.3 is 31.3 Å². The highest BCUT2D eigenvalue weighted by atomic mass is 16.5. The molecule has 218 valence electrons. The van der Waals surface area contributed by atoms with Crippen LogP contribution < -0.4 is 26.4 Å². The van der Waals surface area contributed by atoms with Gasteiger partial charge in [0.1, 0.15) is 17.4 Å². The molecule has 3 rings (SSSR count). The largest absolute Gasteiger partial charge is 0.484 e. The molecule has 1 heterocycles. The molecule has 41 heavy (non-hydrogen) atoms. The first-order chi connectivity index (χ1) is 19.3. The van der Waals surface area contributed by atoms with Gasteiger partial charge >= 0.3 is 0 Å². The van der Waals surface area contributed by atoms with Crippen LogP contribution in [-0.2, 0) is 4.79 Å². The normalized spacial score (nSPS) is 10.1. The molecule has 11 nitrogen and oxygen atoms in total.